The van der Waals surface area contributed by atoms with E-state index in [1.54, 1.807) is 0 Å². The third kappa shape index (κ3) is 3.72. The third-order valence-corrected chi connectivity index (χ3v) is 4.86. The summed E-state index contributed by atoms with van der Waals surface area (Å²) in [5.41, 5.74) is 0. The van der Waals surface area contributed by atoms with Crippen molar-refractivity contribution in [3.05, 3.63) is 0 Å². The van der Waals surface area contributed by atoms with Gasteiger partial charge in [-0.25, -0.2) is 0 Å². The minimum absolute atomic E-state index is 0.0549. The van der Waals surface area contributed by atoms with Gasteiger partial charge in [0.25, 0.3) is 0 Å². The van der Waals surface area contributed by atoms with Gasteiger partial charge in [-0.1, -0.05) is 6.92 Å². The summed E-state index contributed by atoms with van der Waals surface area (Å²) in [5, 5.41) is 12.2. The Morgan fingerprint density at radius 2 is 1.80 bits per heavy atom. The summed E-state index contributed by atoms with van der Waals surface area (Å²) in [7, 11) is 2.12. The van der Waals surface area contributed by atoms with E-state index in [0.29, 0.717) is 31.2 Å². The highest BCUT2D eigenvalue weighted by Gasteiger charge is 2.41. The van der Waals surface area contributed by atoms with E-state index in [1.807, 2.05) is 6.92 Å². The maximum atomic E-state index is 12.2. The molecular formula is C15H26N2O3. The molecule has 0 aromatic rings. The van der Waals surface area contributed by atoms with Crippen molar-refractivity contribution in [1.29, 1.82) is 0 Å². The number of nitrogens with zero attached hydrogens (tertiary/aromatic N) is 1. The molecule has 2 rings (SSSR count). The second kappa shape index (κ2) is 6.57. The molecule has 3 atom stereocenters. The Balaban J connectivity index is 1.80. The fourth-order valence-electron chi connectivity index (χ4n) is 3.50. The van der Waals surface area contributed by atoms with Crippen LogP contribution in [0.5, 0.6) is 0 Å². The molecule has 1 amide bonds. The first-order chi connectivity index (χ1) is 9.47. The molecule has 0 aromatic carbocycles. The molecular weight excluding hydrogens is 256 g/mol. The molecule has 0 spiro atoms. The first-order valence-electron chi connectivity index (χ1n) is 7.66. The summed E-state index contributed by atoms with van der Waals surface area (Å²) in [6.45, 7) is 4.89. The second-order valence-electron chi connectivity index (χ2n) is 6.62. The number of nitrogens with one attached hydrogen (secondary N) is 1. The van der Waals surface area contributed by atoms with Crippen molar-refractivity contribution in [2.75, 3.05) is 26.7 Å². The molecule has 1 saturated heterocycles. The first kappa shape index (κ1) is 15.3. The summed E-state index contributed by atoms with van der Waals surface area (Å²) in [6, 6.07) is 0. The van der Waals surface area contributed by atoms with Crippen LogP contribution in [0.25, 0.3) is 0 Å². The van der Waals surface area contributed by atoms with E-state index in [9.17, 15) is 14.7 Å². The van der Waals surface area contributed by atoms with Crippen LogP contribution in [0.1, 0.15) is 32.6 Å². The monoisotopic (exact) mass is 282 g/mol. The lowest BCUT2D eigenvalue weighted by Crippen LogP contribution is -2.40. The number of carbonyl (C=O) groups is 2. The van der Waals surface area contributed by atoms with E-state index >= 15 is 0 Å². The van der Waals surface area contributed by atoms with Gasteiger partial charge in [-0.05, 0) is 57.7 Å². The second-order valence-corrected chi connectivity index (χ2v) is 6.62. The summed E-state index contributed by atoms with van der Waals surface area (Å²) in [5.74, 6) is -0.849. The Labute approximate surface area is 120 Å². The minimum atomic E-state index is -0.825. The lowest BCUT2D eigenvalue weighted by atomic mass is 9.94. The van der Waals surface area contributed by atoms with Gasteiger partial charge >= 0.3 is 5.97 Å². The number of amides is 1. The van der Waals surface area contributed by atoms with Gasteiger partial charge in [-0.3, -0.25) is 9.59 Å². The smallest absolute Gasteiger partial charge is 0.307 e. The van der Waals surface area contributed by atoms with Crippen molar-refractivity contribution in [1.82, 2.24) is 10.2 Å². The van der Waals surface area contributed by atoms with E-state index in [-0.39, 0.29) is 11.8 Å². The van der Waals surface area contributed by atoms with Crippen LogP contribution in [-0.4, -0.2) is 48.6 Å². The zero-order valence-electron chi connectivity index (χ0n) is 12.5. The Morgan fingerprint density at radius 3 is 2.40 bits per heavy atom. The van der Waals surface area contributed by atoms with Crippen LogP contribution < -0.4 is 5.32 Å². The molecule has 5 nitrogen and oxygen atoms in total. The van der Waals surface area contributed by atoms with E-state index in [1.165, 1.54) is 0 Å². The molecule has 2 aliphatic rings. The number of rotatable bonds is 4. The fourth-order valence-corrected chi connectivity index (χ4v) is 3.50. The maximum absolute atomic E-state index is 12.2. The van der Waals surface area contributed by atoms with Crippen molar-refractivity contribution in [2.24, 2.45) is 23.7 Å². The van der Waals surface area contributed by atoms with Crippen LogP contribution in [0.2, 0.25) is 0 Å². The standard InChI is InChI=1S/C15H26N2O3/c1-10-7-12(13(8-10)15(19)20)14(18)16-9-11-3-5-17(2)6-4-11/h10-13H,3-9H2,1-2H3,(H,16,18)(H,19,20). The first-order valence-corrected chi connectivity index (χ1v) is 7.66. The van der Waals surface area contributed by atoms with Crippen LogP contribution in [0, 0.1) is 23.7 Å². The van der Waals surface area contributed by atoms with E-state index in [2.05, 4.69) is 17.3 Å². The summed E-state index contributed by atoms with van der Waals surface area (Å²) < 4.78 is 0. The number of piperidine rings is 1. The Hall–Kier alpha value is -1.10. The molecule has 2 fully saturated rings. The number of carboxylic acid groups (broad SMARTS) is 1. The molecule has 1 aliphatic carbocycles. The average molecular weight is 282 g/mol. The number of carboxylic acids is 1. The molecule has 1 heterocycles. The van der Waals surface area contributed by atoms with Crippen molar-refractivity contribution in [2.45, 2.75) is 32.6 Å². The summed E-state index contributed by atoms with van der Waals surface area (Å²) in [6.07, 6.45) is 3.55. The van der Waals surface area contributed by atoms with Gasteiger partial charge in [0.15, 0.2) is 0 Å². The Kier molecular flexibility index (Phi) is 5.02. The van der Waals surface area contributed by atoms with Crippen molar-refractivity contribution in [3.8, 4) is 0 Å². The highest BCUT2D eigenvalue weighted by atomic mass is 16.4. The topological polar surface area (TPSA) is 69.6 Å². The molecule has 20 heavy (non-hydrogen) atoms. The SMILES string of the molecule is CC1CC(C(=O)O)C(C(=O)NCC2CCN(C)CC2)C1. The zero-order valence-corrected chi connectivity index (χ0v) is 12.5. The van der Waals surface area contributed by atoms with Gasteiger partial charge in [0.2, 0.25) is 5.91 Å². The van der Waals surface area contributed by atoms with Crippen LogP contribution in [0.3, 0.4) is 0 Å². The van der Waals surface area contributed by atoms with Gasteiger partial charge in [-0.2, -0.15) is 0 Å². The number of hydrogen-bond acceptors (Lipinski definition) is 3. The summed E-state index contributed by atoms with van der Waals surface area (Å²) >= 11 is 0. The molecule has 114 valence electrons. The van der Waals surface area contributed by atoms with E-state index in [4.69, 9.17) is 0 Å². The zero-order chi connectivity index (χ0) is 14.7. The maximum Gasteiger partial charge on any atom is 0.307 e. The van der Waals surface area contributed by atoms with Crippen molar-refractivity contribution >= 4 is 11.9 Å². The predicted molar refractivity (Wildman–Crippen MR) is 76.2 cm³/mol. The average Bonchev–Trinajstić information content (AvgIpc) is 2.80. The fraction of sp³-hybridized carbons (Fsp3) is 0.867. The number of hydrogen-bond donors (Lipinski definition) is 2. The lowest BCUT2D eigenvalue weighted by molar-refractivity contribution is -0.146. The van der Waals surface area contributed by atoms with Crippen molar-refractivity contribution in [3.63, 3.8) is 0 Å². The van der Waals surface area contributed by atoms with Gasteiger partial charge in [0.1, 0.15) is 0 Å². The number of carbonyl (C=O) groups excluding carboxylic acids is 1. The molecule has 1 saturated carbocycles. The normalized spacial score (nSPS) is 32.2. The van der Waals surface area contributed by atoms with Crippen LogP contribution >= 0.6 is 0 Å². The van der Waals surface area contributed by atoms with E-state index in [0.717, 1.165) is 25.9 Å². The molecule has 1 aliphatic heterocycles. The highest BCUT2D eigenvalue weighted by molar-refractivity contribution is 5.85. The molecule has 0 bridgehead atoms. The molecule has 3 unspecified atom stereocenters. The summed E-state index contributed by atoms with van der Waals surface area (Å²) in [4.78, 5) is 25.7. The molecule has 0 aromatic heterocycles. The Bertz CT molecular complexity index is 364. The number of likely N-dealkylation sites (tertiary alicyclic amines) is 1. The van der Waals surface area contributed by atoms with Crippen LogP contribution in [0.15, 0.2) is 0 Å². The minimum Gasteiger partial charge on any atom is -0.481 e. The molecule has 2 N–H and O–H groups in total. The van der Waals surface area contributed by atoms with Gasteiger partial charge in [0.05, 0.1) is 11.8 Å². The highest BCUT2D eigenvalue weighted by Crippen LogP contribution is 2.36. The van der Waals surface area contributed by atoms with E-state index < -0.39 is 11.9 Å². The third-order valence-electron chi connectivity index (χ3n) is 4.86. The lowest BCUT2D eigenvalue weighted by Gasteiger charge is -2.29. The quantitative estimate of drug-likeness (QED) is 0.812. The van der Waals surface area contributed by atoms with Gasteiger partial charge < -0.3 is 15.3 Å². The van der Waals surface area contributed by atoms with Crippen molar-refractivity contribution < 1.29 is 14.7 Å². The largest absolute Gasteiger partial charge is 0.481 e. The predicted octanol–water partition coefficient (Wildman–Crippen LogP) is 1.19. The van der Waals surface area contributed by atoms with Gasteiger partial charge in [0, 0.05) is 6.54 Å². The molecule has 0 radical (unpaired) electrons. The van der Waals surface area contributed by atoms with Crippen LogP contribution in [-0.2, 0) is 9.59 Å². The Morgan fingerprint density at radius 1 is 1.20 bits per heavy atom. The molecule has 5 heteroatoms. The van der Waals surface area contributed by atoms with Gasteiger partial charge in [-0.15, -0.1) is 0 Å². The van der Waals surface area contributed by atoms with Crippen LogP contribution in [0.4, 0.5) is 0 Å². The number of aliphatic carboxylic acids is 1.